The van der Waals surface area contributed by atoms with Crippen LogP contribution >= 0.6 is 0 Å². The van der Waals surface area contributed by atoms with Crippen molar-refractivity contribution >= 4 is 11.8 Å². The molecule has 0 radical (unpaired) electrons. The summed E-state index contributed by atoms with van der Waals surface area (Å²) in [6, 6.07) is 6.57. The lowest BCUT2D eigenvalue weighted by Gasteiger charge is -2.33. The van der Waals surface area contributed by atoms with Crippen molar-refractivity contribution in [1.29, 1.82) is 0 Å². The van der Waals surface area contributed by atoms with Crippen LogP contribution < -0.4 is 15.5 Å². The Bertz CT molecular complexity index is 564. The van der Waals surface area contributed by atoms with Gasteiger partial charge in [0.2, 0.25) is 0 Å². The van der Waals surface area contributed by atoms with Gasteiger partial charge in [0.15, 0.2) is 5.96 Å². The summed E-state index contributed by atoms with van der Waals surface area (Å²) in [7, 11) is 0. The fraction of sp³-hybridized carbons (Fsp3) is 0.727. The molecule has 0 unspecified atom stereocenters. The van der Waals surface area contributed by atoms with Crippen molar-refractivity contribution in [2.24, 2.45) is 4.99 Å². The van der Waals surface area contributed by atoms with Crippen LogP contribution in [0.5, 0.6) is 0 Å². The van der Waals surface area contributed by atoms with Gasteiger partial charge < -0.3 is 20.3 Å². The van der Waals surface area contributed by atoms with E-state index in [2.05, 4.69) is 39.6 Å². The fourth-order valence-corrected chi connectivity index (χ4v) is 4.09. The van der Waals surface area contributed by atoms with Crippen LogP contribution in [-0.4, -0.2) is 55.9 Å². The van der Waals surface area contributed by atoms with Crippen LogP contribution in [0.4, 0.5) is 5.82 Å². The van der Waals surface area contributed by atoms with Gasteiger partial charge in [-0.3, -0.25) is 4.99 Å². The van der Waals surface area contributed by atoms with Gasteiger partial charge in [-0.05, 0) is 44.7 Å². The molecule has 2 N–H and O–H groups in total. The lowest BCUT2D eigenvalue weighted by molar-refractivity contribution is 0.0487. The molecule has 2 heterocycles. The molecule has 1 aromatic rings. The van der Waals surface area contributed by atoms with Crippen LogP contribution in [0.3, 0.4) is 0 Å². The molecule has 2 aliphatic rings. The number of nitrogens with one attached hydrogen (secondary N) is 2. The zero-order valence-electron chi connectivity index (χ0n) is 17.4. The van der Waals surface area contributed by atoms with Gasteiger partial charge in [0, 0.05) is 31.9 Å². The summed E-state index contributed by atoms with van der Waals surface area (Å²) >= 11 is 0. The normalized spacial score (nSPS) is 20.0. The van der Waals surface area contributed by atoms with Gasteiger partial charge >= 0.3 is 0 Å². The molecule has 0 amide bonds. The molecule has 0 aromatic carbocycles. The van der Waals surface area contributed by atoms with Crippen molar-refractivity contribution in [2.75, 3.05) is 37.7 Å². The molecule has 1 saturated heterocycles. The average Bonchev–Trinajstić information content (AvgIpc) is 3.01. The Kier molecular flexibility index (Phi) is 8.88. The minimum absolute atomic E-state index is 0.448. The third-order valence-electron chi connectivity index (χ3n) is 5.67. The highest BCUT2D eigenvalue weighted by molar-refractivity contribution is 5.80. The quantitative estimate of drug-likeness (QED) is 0.325. The topological polar surface area (TPSA) is 61.8 Å². The number of aliphatic imine (C=N–C) groups is 1. The van der Waals surface area contributed by atoms with Crippen LogP contribution in [-0.2, 0) is 4.74 Å². The molecule has 3 rings (SSSR count). The maximum Gasteiger partial charge on any atom is 0.191 e. The molecule has 0 bridgehead atoms. The molecule has 0 spiro atoms. The Hall–Kier alpha value is -1.82. The number of aromatic nitrogens is 1. The van der Waals surface area contributed by atoms with E-state index in [0.717, 1.165) is 57.4 Å². The Morgan fingerprint density at radius 3 is 2.61 bits per heavy atom. The first-order chi connectivity index (χ1) is 13.8. The molecule has 1 aromatic heterocycles. The lowest BCUT2D eigenvalue weighted by Crippen LogP contribution is -2.49. The highest BCUT2D eigenvalue weighted by Crippen LogP contribution is 2.19. The number of anilines is 1. The van der Waals surface area contributed by atoms with Crippen LogP contribution in [0, 0.1) is 0 Å². The van der Waals surface area contributed by atoms with Crippen LogP contribution in [0.25, 0.3) is 0 Å². The van der Waals surface area contributed by atoms with Crippen LogP contribution in [0.1, 0.15) is 58.3 Å². The highest BCUT2D eigenvalue weighted by atomic mass is 16.5. The first kappa shape index (κ1) is 20.9. The number of ether oxygens (including phenoxy) is 1. The van der Waals surface area contributed by atoms with E-state index in [1.165, 1.54) is 38.5 Å². The van der Waals surface area contributed by atoms with Gasteiger partial charge in [-0.1, -0.05) is 31.7 Å². The zero-order chi connectivity index (χ0) is 19.4. The van der Waals surface area contributed by atoms with Crippen molar-refractivity contribution in [3.8, 4) is 0 Å². The minimum Gasteiger partial charge on any atom is -0.376 e. The Labute approximate surface area is 170 Å². The van der Waals surface area contributed by atoms with Gasteiger partial charge in [0.25, 0.3) is 0 Å². The summed E-state index contributed by atoms with van der Waals surface area (Å²) in [5.41, 5.74) is 0. The smallest absolute Gasteiger partial charge is 0.191 e. The summed E-state index contributed by atoms with van der Waals surface area (Å²) in [4.78, 5) is 11.6. The monoisotopic (exact) mass is 387 g/mol. The van der Waals surface area contributed by atoms with E-state index in [0.29, 0.717) is 12.1 Å². The van der Waals surface area contributed by atoms with Gasteiger partial charge in [0.1, 0.15) is 5.82 Å². The van der Waals surface area contributed by atoms with Crippen molar-refractivity contribution < 1.29 is 4.74 Å². The molecule has 6 heteroatoms. The Balaban J connectivity index is 1.39. The minimum atomic E-state index is 0.448. The summed E-state index contributed by atoms with van der Waals surface area (Å²) < 4.78 is 6.07. The second-order valence-electron chi connectivity index (χ2n) is 7.84. The third-order valence-corrected chi connectivity index (χ3v) is 5.67. The predicted molar refractivity (Wildman–Crippen MR) is 116 cm³/mol. The van der Waals surface area contributed by atoms with E-state index in [1.807, 2.05) is 12.3 Å². The molecule has 1 aliphatic heterocycles. The standard InChI is InChI=1S/C22H37N5O/c1-2-23-22(25-15-18-28-20-9-5-3-4-6-10-20)26-19-12-16-27(17-13-19)21-11-7-8-14-24-21/h7-8,11,14,19-20H,2-6,9-10,12-13,15-18H2,1H3,(H2,23,25,26). The Morgan fingerprint density at radius 2 is 1.93 bits per heavy atom. The van der Waals surface area contributed by atoms with Gasteiger partial charge in [-0.25, -0.2) is 4.98 Å². The van der Waals surface area contributed by atoms with E-state index in [-0.39, 0.29) is 0 Å². The summed E-state index contributed by atoms with van der Waals surface area (Å²) in [5, 5.41) is 6.99. The molecule has 156 valence electrons. The van der Waals surface area contributed by atoms with Crippen molar-refractivity contribution in [2.45, 2.75) is 70.4 Å². The first-order valence-corrected chi connectivity index (χ1v) is 11.2. The van der Waals surface area contributed by atoms with Crippen molar-refractivity contribution in [1.82, 2.24) is 15.6 Å². The van der Waals surface area contributed by atoms with Crippen molar-refractivity contribution in [3.05, 3.63) is 24.4 Å². The van der Waals surface area contributed by atoms with Crippen molar-refractivity contribution in [3.63, 3.8) is 0 Å². The summed E-state index contributed by atoms with van der Waals surface area (Å²) in [6.45, 7) is 6.49. The number of rotatable bonds is 7. The maximum atomic E-state index is 6.07. The Morgan fingerprint density at radius 1 is 1.14 bits per heavy atom. The number of guanidine groups is 1. The molecule has 2 fully saturated rings. The second-order valence-corrected chi connectivity index (χ2v) is 7.84. The van der Waals surface area contributed by atoms with E-state index in [1.54, 1.807) is 0 Å². The lowest BCUT2D eigenvalue weighted by atomic mass is 10.1. The SMILES string of the molecule is CCNC(=NCCOC1CCCCCC1)NC1CCN(c2ccccn2)CC1. The largest absolute Gasteiger partial charge is 0.376 e. The van der Waals surface area contributed by atoms with E-state index in [9.17, 15) is 0 Å². The molecule has 1 aliphatic carbocycles. The molecule has 1 saturated carbocycles. The number of hydrogen-bond acceptors (Lipinski definition) is 4. The third kappa shape index (κ3) is 6.97. The number of pyridine rings is 1. The van der Waals surface area contributed by atoms with E-state index >= 15 is 0 Å². The van der Waals surface area contributed by atoms with E-state index < -0.39 is 0 Å². The fourth-order valence-electron chi connectivity index (χ4n) is 4.09. The molecular formula is C22H37N5O. The zero-order valence-corrected chi connectivity index (χ0v) is 17.4. The number of piperidine rings is 1. The van der Waals surface area contributed by atoms with Crippen LogP contribution in [0.15, 0.2) is 29.4 Å². The first-order valence-electron chi connectivity index (χ1n) is 11.2. The van der Waals surface area contributed by atoms with Gasteiger partial charge in [-0.2, -0.15) is 0 Å². The van der Waals surface area contributed by atoms with E-state index in [4.69, 9.17) is 9.73 Å². The molecular weight excluding hydrogens is 350 g/mol. The molecule has 28 heavy (non-hydrogen) atoms. The second kappa shape index (κ2) is 11.9. The molecule has 0 atom stereocenters. The number of nitrogens with zero attached hydrogens (tertiary/aromatic N) is 3. The van der Waals surface area contributed by atoms with Gasteiger partial charge in [-0.15, -0.1) is 0 Å². The molecule has 6 nitrogen and oxygen atoms in total. The predicted octanol–water partition coefficient (Wildman–Crippen LogP) is 3.34. The maximum absolute atomic E-state index is 6.07. The average molecular weight is 388 g/mol. The van der Waals surface area contributed by atoms with Gasteiger partial charge in [0.05, 0.1) is 19.3 Å². The summed E-state index contributed by atoms with van der Waals surface area (Å²) in [5.74, 6) is 2.00. The highest BCUT2D eigenvalue weighted by Gasteiger charge is 2.20. The number of hydrogen-bond donors (Lipinski definition) is 2. The summed E-state index contributed by atoms with van der Waals surface area (Å²) in [6.07, 6.45) is 12.3. The van der Waals surface area contributed by atoms with Crippen LogP contribution in [0.2, 0.25) is 0 Å².